The van der Waals surface area contributed by atoms with Crippen LogP contribution in [0.4, 0.5) is 0 Å². The van der Waals surface area contributed by atoms with Crippen LogP contribution in [-0.2, 0) is 24.9 Å². The standard InChI is InChI=1S/C24H13N2O.C15H28O2.Ir/c1-3-9-17-15(6-1)8-5-11-19(17)22-24-23(26-14-25-22)21-18-10-4-2-7-16(18)12-13-20(21)27-24;1-7-14(5,8-2)12(16)11-13(17)15(6,9-3)10-4;/h1-10,12-14H;11,16H,7-10H2,1-6H3;/q-1;;/b;12-11-;. The average Bonchev–Trinajstić information content (AvgIpc) is 3.47. The van der Waals surface area contributed by atoms with Crippen molar-refractivity contribution in [3.8, 4) is 11.3 Å². The number of rotatable bonds is 8. The van der Waals surface area contributed by atoms with Gasteiger partial charge in [0.05, 0.1) is 5.39 Å². The number of aliphatic hydroxyl groups excluding tert-OH is 1. The molecule has 0 aliphatic rings. The van der Waals surface area contributed by atoms with E-state index < -0.39 is 0 Å². The maximum atomic E-state index is 12.2. The summed E-state index contributed by atoms with van der Waals surface area (Å²) in [5.74, 6) is 0.286. The molecular formula is C39H41IrN2O3-. The number of ketones is 1. The number of aliphatic hydroxyl groups is 1. The van der Waals surface area contributed by atoms with E-state index in [1.54, 1.807) is 6.33 Å². The Morgan fingerprint density at radius 3 is 2.07 bits per heavy atom. The number of carbonyl (C=O) groups is 1. The number of aromatic nitrogens is 2. The van der Waals surface area contributed by atoms with Crippen LogP contribution >= 0.6 is 0 Å². The minimum absolute atomic E-state index is 0. The van der Waals surface area contributed by atoms with E-state index >= 15 is 0 Å². The van der Waals surface area contributed by atoms with Gasteiger partial charge in [0.15, 0.2) is 5.78 Å². The summed E-state index contributed by atoms with van der Waals surface area (Å²) in [4.78, 5) is 21.3. The summed E-state index contributed by atoms with van der Waals surface area (Å²) in [6.07, 6.45) is 6.37. The van der Waals surface area contributed by atoms with Crippen LogP contribution in [0.5, 0.6) is 0 Å². The molecule has 0 unspecified atom stereocenters. The van der Waals surface area contributed by atoms with E-state index in [2.05, 4.69) is 52.4 Å². The van der Waals surface area contributed by atoms with E-state index in [-0.39, 0.29) is 42.5 Å². The van der Waals surface area contributed by atoms with E-state index in [1.807, 2.05) is 77.9 Å². The van der Waals surface area contributed by atoms with Gasteiger partial charge in [0, 0.05) is 42.7 Å². The molecule has 0 atom stereocenters. The van der Waals surface area contributed by atoms with Gasteiger partial charge in [0.2, 0.25) is 0 Å². The van der Waals surface area contributed by atoms with Gasteiger partial charge in [-0.3, -0.25) is 9.78 Å². The quantitative estimate of drug-likeness (QED) is 0.0946. The number of benzene rings is 4. The summed E-state index contributed by atoms with van der Waals surface area (Å²) in [5, 5.41) is 15.7. The Kier molecular flexibility index (Phi) is 10.6. The van der Waals surface area contributed by atoms with Gasteiger partial charge in [0.25, 0.3) is 0 Å². The van der Waals surface area contributed by atoms with E-state index in [4.69, 9.17) is 4.42 Å². The molecule has 1 radical (unpaired) electrons. The Hall–Kier alpha value is -3.86. The number of fused-ring (bicyclic) bond motifs is 6. The molecule has 235 valence electrons. The molecule has 5 nitrogen and oxygen atoms in total. The summed E-state index contributed by atoms with van der Waals surface area (Å²) in [6, 6.07) is 28.0. The number of carbonyl (C=O) groups excluding carboxylic acids is 1. The number of furan rings is 1. The van der Waals surface area contributed by atoms with Crippen molar-refractivity contribution in [2.45, 2.75) is 67.2 Å². The second kappa shape index (κ2) is 14.1. The zero-order valence-electron chi connectivity index (χ0n) is 26.9. The first kappa shape index (κ1) is 34.0. The van der Waals surface area contributed by atoms with Crippen molar-refractivity contribution in [2.75, 3.05) is 0 Å². The van der Waals surface area contributed by atoms with Gasteiger partial charge < -0.3 is 9.52 Å². The molecule has 6 aromatic rings. The van der Waals surface area contributed by atoms with Crippen molar-refractivity contribution in [2.24, 2.45) is 10.8 Å². The van der Waals surface area contributed by atoms with Gasteiger partial charge >= 0.3 is 0 Å². The Morgan fingerprint density at radius 1 is 0.822 bits per heavy atom. The van der Waals surface area contributed by atoms with E-state index in [0.29, 0.717) is 5.58 Å². The Morgan fingerprint density at radius 2 is 1.42 bits per heavy atom. The maximum Gasteiger partial charge on any atom is 0.164 e. The number of nitrogens with zero attached hydrogens (tertiary/aromatic N) is 2. The Balaban J connectivity index is 0.000000226. The third kappa shape index (κ3) is 6.45. The average molecular weight is 778 g/mol. The zero-order chi connectivity index (χ0) is 31.5. The fourth-order valence-electron chi connectivity index (χ4n) is 5.56. The maximum absolute atomic E-state index is 12.2. The smallest absolute Gasteiger partial charge is 0.164 e. The first-order valence-corrected chi connectivity index (χ1v) is 15.6. The summed E-state index contributed by atoms with van der Waals surface area (Å²) < 4.78 is 6.25. The normalized spacial score (nSPS) is 12.3. The van der Waals surface area contributed by atoms with E-state index in [9.17, 15) is 9.90 Å². The molecule has 6 rings (SSSR count). The molecule has 0 saturated carbocycles. The van der Waals surface area contributed by atoms with Gasteiger partial charge in [0.1, 0.15) is 28.8 Å². The third-order valence-electron chi connectivity index (χ3n) is 9.70. The first-order valence-electron chi connectivity index (χ1n) is 15.6. The molecule has 0 amide bonds. The van der Waals surface area contributed by atoms with Crippen LogP contribution in [0, 0.1) is 16.9 Å². The minimum atomic E-state index is -0.337. The van der Waals surface area contributed by atoms with Gasteiger partial charge in [-0.05, 0) is 42.5 Å². The molecule has 0 bridgehead atoms. The molecule has 2 aromatic heterocycles. The monoisotopic (exact) mass is 778 g/mol. The fourth-order valence-corrected chi connectivity index (χ4v) is 5.56. The first-order chi connectivity index (χ1) is 21.2. The van der Waals surface area contributed by atoms with Gasteiger partial charge in [-0.2, -0.15) is 0 Å². The number of hydrogen-bond acceptors (Lipinski definition) is 5. The fraction of sp³-hybridized carbons (Fsp3) is 0.308. The molecule has 2 heterocycles. The molecule has 4 aromatic carbocycles. The van der Waals surface area contributed by atoms with Crippen molar-refractivity contribution >= 4 is 49.4 Å². The van der Waals surface area contributed by atoms with Crippen molar-refractivity contribution in [1.82, 2.24) is 9.97 Å². The van der Waals surface area contributed by atoms with Crippen LogP contribution in [-0.4, -0.2) is 20.9 Å². The van der Waals surface area contributed by atoms with E-state index in [1.165, 1.54) is 11.5 Å². The molecular weight excluding hydrogens is 737 g/mol. The van der Waals surface area contributed by atoms with Crippen LogP contribution in [0.3, 0.4) is 0 Å². The largest absolute Gasteiger partial charge is 0.512 e. The van der Waals surface area contributed by atoms with Crippen LogP contribution in [0.25, 0.3) is 54.9 Å². The SMILES string of the molecule is CCC(C)(CC)C(=O)/C=C(\O)C(C)(CC)CC.[Ir].[c-]1ccc2ccccc2c1-c1ncnc2c1oc1ccc3ccccc3c12. The molecule has 0 spiro atoms. The van der Waals surface area contributed by atoms with Crippen molar-refractivity contribution in [1.29, 1.82) is 0 Å². The second-order valence-electron chi connectivity index (χ2n) is 12.0. The van der Waals surface area contributed by atoms with Crippen molar-refractivity contribution in [3.63, 3.8) is 0 Å². The molecule has 6 heteroatoms. The molecule has 0 aliphatic carbocycles. The predicted molar refractivity (Wildman–Crippen MR) is 182 cm³/mol. The van der Waals surface area contributed by atoms with Crippen molar-refractivity contribution < 1.29 is 34.4 Å². The minimum Gasteiger partial charge on any atom is -0.512 e. The molecule has 45 heavy (non-hydrogen) atoms. The summed E-state index contributed by atoms with van der Waals surface area (Å²) >= 11 is 0. The second-order valence-corrected chi connectivity index (χ2v) is 12.0. The summed E-state index contributed by atoms with van der Waals surface area (Å²) in [7, 11) is 0. The van der Waals surface area contributed by atoms with Gasteiger partial charge in [-0.15, -0.1) is 29.1 Å². The Bertz CT molecular complexity index is 1980. The molecule has 1 N–H and O–H groups in total. The van der Waals surface area contributed by atoms with Crippen LogP contribution < -0.4 is 0 Å². The number of hydrogen-bond donors (Lipinski definition) is 1. The molecule has 0 fully saturated rings. The third-order valence-corrected chi connectivity index (χ3v) is 9.70. The van der Waals surface area contributed by atoms with Gasteiger partial charge in [-0.25, -0.2) is 4.98 Å². The topological polar surface area (TPSA) is 76.2 Å². The molecule has 0 saturated heterocycles. The summed E-state index contributed by atoms with van der Waals surface area (Å²) in [6.45, 7) is 12.1. The number of allylic oxidation sites excluding steroid dienone is 2. The Labute approximate surface area is 279 Å². The van der Waals surface area contributed by atoms with Crippen LogP contribution in [0.1, 0.15) is 67.2 Å². The van der Waals surface area contributed by atoms with Gasteiger partial charge in [-0.1, -0.05) is 102 Å². The predicted octanol–water partition coefficient (Wildman–Crippen LogP) is 10.8. The van der Waals surface area contributed by atoms with E-state index in [0.717, 1.165) is 69.6 Å². The van der Waals surface area contributed by atoms with Crippen molar-refractivity contribution in [3.05, 3.63) is 97.0 Å². The summed E-state index contributed by atoms with van der Waals surface area (Å²) in [5.41, 5.74) is 3.48. The van der Waals surface area contributed by atoms with Crippen LogP contribution in [0.15, 0.2) is 95.4 Å². The molecule has 0 aliphatic heterocycles. The zero-order valence-corrected chi connectivity index (χ0v) is 29.3. The van der Waals surface area contributed by atoms with Crippen LogP contribution in [0.2, 0.25) is 0 Å².